The van der Waals surface area contributed by atoms with E-state index in [1.54, 1.807) is 13.0 Å². The molecule has 0 atom stereocenters. The maximum absolute atomic E-state index is 12.3. The van der Waals surface area contributed by atoms with Crippen LogP contribution in [0.25, 0.3) is 0 Å². The summed E-state index contributed by atoms with van der Waals surface area (Å²) in [5, 5.41) is 6.36. The molecule has 1 aromatic heterocycles. The molecule has 1 aromatic rings. The number of rotatable bonds is 4. The summed E-state index contributed by atoms with van der Waals surface area (Å²) in [6.07, 6.45) is -2.86. The lowest BCUT2D eigenvalue weighted by atomic mass is 9.97. The summed E-state index contributed by atoms with van der Waals surface area (Å²) in [5.41, 5.74) is 0.626. The van der Waals surface area contributed by atoms with Gasteiger partial charge in [0, 0.05) is 12.6 Å². The van der Waals surface area contributed by atoms with Crippen molar-refractivity contribution in [1.82, 2.24) is 15.4 Å². The lowest BCUT2D eigenvalue weighted by Gasteiger charge is -2.32. The number of piperidine rings is 1. The highest BCUT2D eigenvalue weighted by molar-refractivity contribution is 5.91. The summed E-state index contributed by atoms with van der Waals surface area (Å²) in [4.78, 5) is 13.1. The largest absolute Gasteiger partial charge is 0.401 e. The van der Waals surface area contributed by atoms with Gasteiger partial charge < -0.3 is 9.84 Å². The molecule has 0 spiro atoms. The molecule has 0 aromatic carbocycles. The van der Waals surface area contributed by atoms with E-state index in [1.165, 1.54) is 4.90 Å². The number of alkyl halides is 3. The average molecular weight is 305 g/mol. The van der Waals surface area contributed by atoms with Gasteiger partial charge in [0.1, 0.15) is 0 Å². The van der Waals surface area contributed by atoms with E-state index in [0.29, 0.717) is 38.2 Å². The zero-order valence-electron chi connectivity index (χ0n) is 11.7. The van der Waals surface area contributed by atoms with Gasteiger partial charge in [-0.3, -0.25) is 9.69 Å². The molecule has 1 saturated heterocycles. The van der Waals surface area contributed by atoms with Gasteiger partial charge in [-0.15, -0.1) is 0 Å². The van der Waals surface area contributed by atoms with Gasteiger partial charge in [-0.2, -0.15) is 13.2 Å². The first kappa shape index (κ1) is 15.8. The number of carbonyl (C=O) groups excluding carboxylic acids is 1. The van der Waals surface area contributed by atoms with Crippen molar-refractivity contribution in [2.75, 3.05) is 26.2 Å². The van der Waals surface area contributed by atoms with Gasteiger partial charge in [0.15, 0.2) is 0 Å². The van der Waals surface area contributed by atoms with Crippen LogP contribution in [0.3, 0.4) is 0 Å². The van der Waals surface area contributed by atoms with Crippen LogP contribution in [-0.4, -0.2) is 48.3 Å². The zero-order valence-corrected chi connectivity index (χ0v) is 11.7. The SMILES string of the molecule is Cc1cc(C(=O)NCC2CCN(CC(F)(F)F)CC2)on1. The van der Waals surface area contributed by atoms with E-state index >= 15 is 0 Å². The Hall–Kier alpha value is -1.57. The van der Waals surface area contributed by atoms with Gasteiger partial charge >= 0.3 is 6.18 Å². The minimum absolute atomic E-state index is 0.155. The first-order valence-electron chi connectivity index (χ1n) is 6.84. The second-order valence-corrected chi connectivity index (χ2v) is 5.38. The standard InChI is InChI=1S/C13H18F3N3O2/c1-9-6-11(21-18-9)12(20)17-7-10-2-4-19(5-3-10)8-13(14,15)16/h6,10H,2-5,7-8H2,1H3,(H,17,20). The van der Waals surface area contributed by atoms with E-state index in [2.05, 4.69) is 10.5 Å². The first-order valence-corrected chi connectivity index (χ1v) is 6.84. The number of hydrogen-bond donors (Lipinski definition) is 1. The highest BCUT2D eigenvalue weighted by Gasteiger charge is 2.32. The predicted molar refractivity (Wildman–Crippen MR) is 68.8 cm³/mol. The zero-order chi connectivity index (χ0) is 15.5. The Kier molecular flexibility index (Phi) is 4.87. The molecule has 2 rings (SSSR count). The molecule has 0 bridgehead atoms. The molecule has 0 unspecified atom stereocenters. The number of aryl methyl sites for hydroxylation is 1. The van der Waals surface area contributed by atoms with Gasteiger partial charge in [-0.1, -0.05) is 5.16 Å². The third kappa shape index (κ3) is 5.04. The molecule has 1 amide bonds. The van der Waals surface area contributed by atoms with E-state index in [9.17, 15) is 18.0 Å². The lowest BCUT2D eigenvalue weighted by molar-refractivity contribution is -0.148. The van der Waals surface area contributed by atoms with Crippen molar-refractivity contribution in [2.24, 2.45) is 5.92 Å². The first-order chi connectivity index (χ1) is 9.83. The number of aromatic nitrogens is 1. The van der Waals surface area contributed by atoms with Gasteiger partial charge in [-0.05, 0) is 38.8 Å². The molecular weight excluding hydrogens is 287 g/mol. The number of halogens is 3. The molecule has 0 saturated carbocycles. The van der Waals surface area contributed by atoms with Crippen molar-refractivity contribution < 1.29 is 22.5 Å². The van der Waals surface area contributed by atoms with Crippen LogP contribution >= 0.6 is 0 Å². The Balaban J connectivity index is 1.70. The molecule has 1 aliphatic rings. The fourth-order valence-corrected chi connectivity index (χ4v) is 2.40. The summed E-state index contributed by atoms with van der Waals surface area (Å²) < 4.78 is 41.6. The van der Waals surface area contributed by atoms with Crippen LogP contribution in [0, 0.1) is 12.8 Å². The van der Waals surface area contributed by atoms with Crippen molar-refractivity contribution in [2.45, 2.75) is 25.9 Å². The van der Waals surface area contributed by atoms with Crippen molar-refractivity contribution in [3.8, 4) is 0 Å². The van der Waals surface area contributed by atoms with E-state index in [-0.39, 0.29) is 17.6 Å². The van der Waals surface area contributed by atoms with Crippen LogP contribution < -0.4 is 5.32 Å². The Morgan fingerprint density at radius 2 is 2.14 bits per heavy atom. The molecule has 0 aliphatic carbocycles. The maximum atomic E-state index is 12.3. The second-order valence-electron chi connectivity index (χ2n) is 5.38. The molecule has 1 N–H and O–H groups in total. The van der Waals surface area contributed by atoms with Crippen LogP contribution in [0.2, 0.25) is 0 Å². The topological polar surface area (TPSA) is 58.4 Å². The summed E-state index contributed by atoms with van der Waals surface area (Å²) in [6.45, 7) is 2.11. The quantitative estimate of drug-likeness (QED) is 0.924. The molecule has 2 heterocycles. The number of carbonyl (C=O) groups is 1. The number of amides is 1. The number of nitrogens with one attached hydrogen (secondary N) is 1. The monoisotopic (exact) mass is 305 g/mol. The van der Waals surface area contributed by atoms with Crippen LogP contribution in [0.4, 0.5) is 13.2 Å². The molecule has 5 nitrogen and oxygen atoms in total. The van der Waals surface area contributed by atoms with Crippen LogP contribution in [0.5, 0.6) is 0 Å². The van der Waals surface area contributed by atoms with Crippen molar-refractivity contribution in [1.29, 1.82) is 0 Å². The summed E-state index contributed by atoms with van der Waals surface area (Å²) in [7, 11) is 0. The van der Waals surface area contributed by atoms with Crippen molar-refractivity contribution in [3.63, 3.8) is 0 Å². The molecule has 1 fully saturated rings. The van der Waals surface area contributed by atoms with Gasteiger partial charge in [0.05, 0.1) is 12.2 Å². The van der Waals surface area contributed by atoms with E-state index < -0.39 is 12.7 Å². The van der Waals surface area contributed by atoms with Crippen LogP contribution in [0.1, 0.15) is 29.1 Å². The van der Waals surface area contributed by atoms with Gasteiger partial charge in [0.25, 0.3) is 5.91 Å². The minimum atomic E-state index is -4.15. The smallest absolute Gasteiger partial charge is 0.351 e. The number of likely N-dealkylation sites (tertiary alicyclic amines) is 1. The predicted octanol–water partition coefficient (Wildman–Crippen LogP) is 1.99. The van der Waals surface area contributed by atoms with Gasteiger partial charge in [0.2, 0.25) is 5.76 Å². The molecule has 1 aliphatic heterocycles. The summed E-state index contributed by atoms with van der Waals surface area (Å²) in [6, 6.07) is 1.54. The van der Waals surface area contributed by atoms with Gasteiger partial charge in [-0.25, -0.2) is 0 Å². The second kappa shape index (κ2) is 6.46. The Morgan fingerprint density at radius 1 is 1.48 bits per heavy atom. The number of hydrogen-bond acceptors (Lipinski definition) is 4. The Bertz CT molecular complexity index is 479. The highest BCUT2D eigenvalue weighted by atomic mass is 19.4. The normalized spacial score (nSPS) is 17.9. The van der Waals surface area contributed by atoms with Crippen molar-refractivity contribution in [3.05, 3.63) is 17.5 Å². The van der Waals surface area contributed by atoms with E-state index in [4.69, 9.17) is 4.52 Å². The third-order valence-electron chi connectivity index (χ3n) is 3.51. The van der Waals surface area contributed by atoms with E-state index in [1.807, 2.05) is 0 Å². The summed E-state index contributed by atoms with van der Waals surface area (Å²) in [5.74, 6) is 0.0118. The fourth-order valence-electron chi connectivity index (χ4n) is 2.40. The fraction of sp³-hybridized carbons (Fsp3) is 0.692. The lowest BCUT2D eigenvalue weighted by Crippen LogP contribution is -2.42. The number of nitrogens with zero attached hydrogens (tertiary/aromatic N) is 2. The molecule has 118 valence electrons. The summed E-state index contributed by atoms with van der Waals surface area (Å²) >= 11 is 0. The maximum Gasteiger partial charge on any atom is 0.401 e. The molecule has 0 radical (unpaired) electrons. The molecular formula is C13H18F3N3O2. The molecule has 8 heteroatoms. The van der Waals surface area contributed by atoms with Crippen LogP contribution in [0.15, 0.2) is 10.6 Å². The minimum Gasteiger partial charge on any atom is -0.351 e. The average Bonchev–Trinajstić information content (AvgIpc) is 2.82. The van der Waals surface area contributed by atoms with Crippen molar-refractivity contribution >= 4 is 5.91 Å². The Labute approximate surface area is 120 Å². The van der Waals surface area contributed by atoms with Crippen LogP contribution in [-0.2, 0) is 0 Å². The molecule has 21 heavy (non-hydrogen) atoms. The Morgan fingerprint density at radius 3 is 2.67 bits per heavy atom. The van der Waals surface area contributed by atoms with E-state index in [0.717, 1.165) is 0 Å². The highest BCUT2D eigenvalue weighted by Crippen LogP contribution is 2.22. The third-order valence-corrected chi connectivity index (χ3v) is 3.51.